The topological polar surface area (TPSA) is 139 Å². The van der Waals surface area contributed by atoms with Gasteiger partial charge in [-0.3, -0.25) is 9.59 Å². The summed E-state index contributed by atoms with van der Waals surface area (Å²) in [5, 5.41) is 5.78. The Morgan fingerprint density at radius 2 is 1.78 bits per heavy atom. The van der Waals surface area contributed by atoms with Crippen LogP contribution in [0.3, 0.4) is 0 Å². The van der Waals surface area contributed by atoms with Crippen LogP contribution in [0.2, 0.25) is 0 Å². The van der Waals surface area contributed by atoms with Crippen molar-refractivity contribution in [1.82, 2.24) is 14.9 Å². The Kier molecular flexibility index (Phi) is 5.46. The van der Waals surface area contributed by atoms with Gasteiger partial charge in [-0.1, -0.05) is 0 Å². The number of nitrogens with zero attached hydrogens (tertiary/aromatic N) is 3. The summed E-state index contributed by atoms with van der Waals surface area (Å²) < 4.78 is 39.1. The molecule has 12 heteroatoms. The summed E-state index contributed by atoms with van der Waals surface area (Å²) in [6.07, 6.45) is -2.36. The minimum Gasteiger partial charge on any atom is -0.365 e. The SMILES string of the molecule is NC(=O)/C(=C1\Nc2ccc(C(=O)N3CCC(N)CC3)cc2N1)c1nccc(C(F)(F)F)n1. The summed E-state index contributed by atoms with van der Waals surface area (Å²) in [5.41, 5.74) is 11.2. The Morgan fingerprint density at radius 1 is 1.09 bits per heavy atom. The highest BCUT2D eigenvalue weighted by atomic mass is 19.4. The van der Waals surface area contributed by atoms with E-state index < -0.39 is 23.6 Å². The highest BCUT2D eigenvalue weighted by molar-refractivity contribution is 6.20. The van der Waals surface area contributed by atoms with E-state index in [1.165, 1.54) is 0 Å². The molecule has 0 aliphatic carbocycles. The molecule has 0 unspecified atom stereocenters. The zero-order valence-corrected chi connectivity index (χ0v) is 16.7. The number of alkyl halides is 3. The number of amides is 2. The number of nitrogens with two attached hydrogens (primary N) is 2. The number of carbonyl (C=O) groups is 2. The molecule has 2 amide bonds. The van der Waals surface area contributed by atoms with Crippen molar-refractivity contribution < 1.29 is 22.8 Å². The largest absolute Gasteiger partial charge is 0.433 e. The first-order valence-corrected chi connectivity index (χ1v) is 9.81. The summed E-state index contributed by atoms with van der Waals surface area (Å²) in [5.74, 6) is -1.63. The third-order valence-corrected chi connectivity index (χ3v) is 5.28. The number of likely N-dealkylation sites (tertiary alicyclic amines) is 1. The molecule has 2 aliphatic rings. The molecule has 9 nitrogen and oxygen atoms in total. The number of anilines is 2. The van der Waals surface area contributed by atoms with E-state index in [0.29, 0.717) is 36.1 Å². The molecular formula is C20H20F3N7O2. The number of aromatic nitrogens is 2. The lowest BCUT2D eigenvalue weighted by molar-refractivity contribution is -0.141. The van der Waals surface area contributed by atoms with Gasteiger partial charge in [0.25, 0.3) is 11.8 Å². The van der Waals surface area contributed by atoms with Crippen molar-refractivity contribution in [3.8, 4) is 0 Å². The highest BCUT2D eigenvalue weighted by Gasteiger charge is 2.34. The van der Waals surface area contributed by atoms with Crippen molar-refractivity contribution in [2.24, 2.45) is 11.5 Å². The maximum Gasteiger partial charge on any atom is 0.433 e. The van der Waals surface area contributed by atoms with Gasteiger partial charge in [-0.2, -0.15) is 13.2 Å². The Morgan fingerprint density at radius 3 is 2.44 bits per heavy atom. The molecule has 6 N–H and O–H groups in total. The van der Waals surface area contributed by atoms with E-state index in [2.05, 4.69) is 20.6 Å². The zero-order chi connectivity index (χ0) is 23.0. The zero-order valence-electron chi connectivity index (χ0n) is 16.7. The molecule has 1 fully saturated rings. The quantitative estimate of drug-likeness (QED) is 0.526. The fourth-order valence-corrected chi connectivity index (χ4v) is 3.58. The molecule has 1 aromatic heterocycles. The van der Waals surface area contributed by atoms with Crippen LogP contribution in [0.4, 0.5) is 24.5 Å². The lowest BCUT2D eigenvalue weighted by Crippen LogP contribution is -2.42. The van der Waals surface area contributed by atoms with Gasteiger partial charge in [-0.25, -0.2) is 9.97 Å². The van der Waals surface area contributed by atoms with Crippen molar-refractivity contribution >= 4 is 28.8 Å². The van der Waals surface area contributed by atoms with Crippen molar-refractivity contribution in [2.45, 2.75) is 25.1 Å². The van der Waals surface area contributed by atoms with E-state index in [4.69, 9.17) is 11.5 Å². The molecule has 1 saturated heterocycles. The third kappa shape index (κ3) is 4.21. The summed E-state index contributed by atoms with van der Waals surface area (Å²) in [7, 11) is 0. The molecule has 1 aromatic carbocycles. The van der Waals surface area contributed by atoms with Crippen LogP contribution >= 0.6 is 0 Å². The molecular weight excluding hydrogens is 427 g/mol. The van der Waals surface area contributed by atoms with Crippen molar-refractivity contribution in [1.29, 1.82) is 0 Å². The van der Waals surface area contributed by atoms with Gasteiger partial charge in [-0.15, -0.1) is 0 Å². The number of fused-ring (bicyclic) bond motifs is 1. The van der Waals surface area contributed by atoms with E-state index in [-0.39, 0.29) is 23.3 Å². The normalized spacial score (nSPS) is 17.9. The standard InChI is InChI=1S/C20H20F3N7O2/c21-20(22,23)14-3-6-26-17(29-14)15(16(25)31)18-27-12-2-1-10(9-13(12)28-18)19(32)30-7-4-11(24)5-8-30/h1-3,6,9,11,27-28H,4-5,7-8,24H2,(H2,25,31)/b18-15-. The first kappa shape index (κ1) is 21.6. The van der Waals surface area contributed by atoms with Crippen LogP contribution < -0.4 is 22.1 Å². The predicted octanol–water partition coefficient (Wildman–Crippen LogP) is 1.75. The lowest BCUT2D eigenvalue weighted by Gasteiger charge is -2.30. The Labute approximate surface area is 180 Å². The van der Waals surface area contributed by atoms with Gasteiger partial charge >= 0.3 is 6.18 Å². The monoisotopic (exact) mass is 447 g/mol. The molecule has 2 aromatic rings. The van der Waals surface area contributed by atoms with Gasteiger partial charge < -0.3 is 27.0 Å². The Bertz CT molecular complexity index is 1110. The number of benzene rings is 1. The van der Waals surface area contributed by atoms with Gasteiger partial charge in [-0.05, 0) is 37.1 Å². The van der Waals surface area contributed by atoms with Crippen LogP contribution in [0.5, 0.6) is 0 Å². The van der Waals surface area contributed by atoms with Gasteiger partial charge in [0.1, 0.15) is 17.1 Å². The number of rotatable bonds is 3. The van der Waals surface area contributed by atoms with Crippen LogP contribution in [-0.4, -0.2) is 45.8 Å². The Balaban J connectivity index is 1.63. The van der Waals surface area contributed by atoms with Crippen LogP contribution in [-0.2, 0) is 11.0 Å². The molecule has 0 bridgehead atoms. The summed E-state index contributed by atoms with van der Waals surface area (Å²) >= 11 is 0. The predicted molar refractivity (Wildman–Crippen MR) is 110 cm³/mol. The minimum absolute atomic E-state index is 0.0281. The lowest BCUT2D eigenvalue weighted by atomic mass is 10.0. The first-order chi connectivity index (χ1) is 15.1. The smallest absolute Gasteiger partial charge is 0.365 e. The maximum absolute atomic E-state index is 13.0. The number of halogens is 3. The van der Waals surface area contributed by atoms with E-state index in [1.807, 2.05) is 0 Å². The van der Waals surface area contributed by atoms with Crippen LogP contribution in [0, 0.1) is 0 Å². The van der Waals surface area contributed by atoms with Gasteiger partial charge in [0, 0.05) is 30.9 Å². The minimum atomic E-state index is -4.71. The molecule has 0 radical (unpaired) electrons. The van der Waals surface area contributed by atoms with Crippen LogP contribution in [0.25, 0.3) is 5.57 Å². The molecule has 168 valence electrons. The van der Waals surface area contributed by atoms with Gasteiger partial charge in [0.15, 0.2) is 5.82 Å². The molecule has 32 heavy (non-hydrogen) atoms. The average Bonchev–Trinajstić information content (AvgIpc) is 3.15. The highest BCUT2D eigenvalue weighted by Crippen LogP contribution is 2.35. The second kappa shape index (κ2) is 8.11. The number of primary amides is 1. The fraction of sp³-hybridized carbons (Fsp3) is 0.300. The van der Waals surface area contributed by atoms with Crippen LogP contribution in [0.1, 0.15) is 34.7 Å². The fourth-order valence-electron chi connectivity index (χ4n) is 3.58. The third-order valence-electron chi connectivity index (χ3n) is 5.28. The summed E-state index contributed by atoms with van der Waals surface area (Å²) in [6.45, 7) is 1.12. The molecule has 4 rings (SSSR count). The van der Waals surface area contributed by atoms with Crippen molar-refractivity contribution in [2.75, 3.05) is 23.7 Å². The first-order valence-electron chi connectivity index (χ1n) is 9.81. The summed E-state index contributed by atoms with van der Waals surface area (Å²) in [4.78, 5) is 33.8. The maximum atomic E-state index is 13.0. The van der Waals surface area contributed by atoms with E-state index >= 15 is 0 Å². The van der Waals surface area contributed by atoms with Crippen LogP contribution in [0.15, 0.2) is 36.3 Å². The van der Waals surface area contributed by atoms with Crippen molar-refractivity contribution in [3.05, 3.63) is 53.4 Å². The molecule has 2 aliphatic heterocycles. The number of piperidine rings is 1. The molecule has 3 heterocycles. The van der Waals surface area contributed by atoms with Gasteiger partial charge in [0.2, 0.25) is 0 Å². The second-order valence-corrected chi connectivity index (χ2v) is 7.52. The average molecular weight is 447 g/mol. The Hall–Kier alpha value is -3.67. The number of hydrogen-bond acceptors (Lipinski definition) is 7. The second-order valence-electron chi connectivity index (χ2n) is 7.52. The summed E-state index contributed by atoms with van der Waals surface area (Å²) in [6, 6.07) is 5.63. The molecule has 0 atom stereocenters. The van der Waals surface area contributed by atoms with Crippen molar-refractivity contribution in [3.63, 3.8) is 0 Å². The number of carbonyl (C=O) groups excluding carboxylic acids is 2. The van der Waals surface area contributed by atoms with Gasteiger partial charge in [0.05, 0.1) is 11.4 Å². The molecule has 0 saturated carbocycles. The molecule has 0 spiro atoms. The van der Waals surface area contributed by atoms with E-state index in [9.17, 15) is 22.8 Å². The van der Waals surface area contributed by atoms with E-state index in [1.54, 1.807) is 23.1 Å². The van der Waals surface area contributed by atoms with E-state index in [0.717, 1.165) is 19.0 Å². The number of hydrogen-bond donors (Lipinski definition) is 4. The number of nitrogens with one attached hydrogen (secondary N) is 2.